The van der Waals surface area contributed by atoms with E-state index in [0.717, 1.165) is 0 Å². The molecule has 0 bridgehead atoms. The van der Waals surface area contributed by atoms with Gasteiger partial charge in [0.25, 0.3) is 11.5 Å². The second-order valence-corrected chi connectivity index (χ2v) is 7.11. The number of nitrogens with zero attached hydrogens (tertiary/aromatic N) is 3. The van der Waals surface area contributed by atoms with Crippen molar-refractivity contribution < 1.29 is 9.53 Å². The molecule has 0 unspecified atom stereocenters. The van der Waals surface area contributed by atoms with E-state index >= 15 is 0 Å². The molecular weight excluding hydrogens is 356 g/mol. The maximum absolute atomic E-state index is 13.0. The number of rotatable bonds is 6. The van der Waals surface area contributed by atoms with E-state index in [9.17, 15) is 9.59 Å². The number of hydrogen-bond acceptors (Lipinski definition) is 5. The minimum atomic E-state index is -0.214. The van der Waals surface area contributed by atoms with Gasteiger partial charge in [0.2, 0.25) is 5.88 Å². The molecule has 1 N–H and O–H groups in total. The van der Waals surface area contributed by atoms with E-state index in [1.165, 1.54) is 6.20 Å². The Balaban J connectivity index is 1.85. The van der Waals surface area contributed by atoms with Crippen molar-refractivity contribution in [1.82, 2.24) is 19.9 Å². The molecule has 7 nitrogen and oxygen atoms in total. The van der Waals surface area contributed by atoms with Crippen LogP contribution in [0.5, 0.6) is 5.88 Å². The lowest BCUT2D eigenvalue weighted by Gasteiger charge is -2.26. The normalized spacial score (nSPS) is 11.2. The van der Waals surface area contributed by atoms with E-state index in [4.69, 9.17) is 4.74 Å². The van der Waals surface area contributed by atoms with Gasteiger partial charge < -0.3 is 14.6 Å². The number of benzene rings is 1. The summed E-state index contributed by atoms with van der Waals surface area (Å²) in [5.74, 6) is 0.732. The fourth-order valence-electron chi connectivity index (χ4n) is 2.84. The lowest BCUT2D eigenvalue weighted by molar-refractivity contribution is 0.0684. The van der Waals surface area contributed by atoms with Gasteiger partial charge in [0.05, 0.1) is 29.1 Å². The summed E-state index contributed by atoms with van der Waals surface area (Å²) in [4.78, 5) is 38.4. The fourth-order valence-corrected chi connectivity index (χ4v) is 2.84. The zero-order chi connectivity index (χ0) is 20.3. The van der Waals surface area contributed by atoms with Gasteiger partial charge in [-0.3, -0.25) is 9.59 Å². The lowest BCUT2D eigenvalue weighted by atomic mass is 10.2. The van der Waals surface area contributed by atoms with Crippen LogP contribution in [0.3, 0.4) is 0 Å². The van der Waals surface area contributed by atoms with Crippen molar-refractivity contribution in [1.29, 1.82) is 0 Å². The molecule has 0 aliphatic heterocycles. The summed E-state index contributed by atoms with van der Waals surface area (Å²) < 4.78 is 5.52. The number of nitrogens with one attached hydrogen (secondary N) is 1. The number of ether oxygens (including phenoxy) is 1. The SMILES string of the molecule is CC(C)Oc1ccc(C(=O)N(Cc2nc3ccccc3c(=O)[nH]2)C(C)C)cn1. The van der Waals surface area contributed by atoms with E-state index in [-0.39, 0.29) is 30.2 Å². The highest BCUT2D eigenvalue weighted by atomic mass is 16.5. The highest BCUT2D eigenvalue weighted by Crippen LogP contribution is 2.15. The summed E-state index contributed by atoms with van der Waals surface area (Å²) in [7, 11) is 0. The molecule has 7 heteroatoms. The third kappa shape index (κ3) is 4.36. The Bertz CT molecular complexity index is 1030. The Morgan fingerprint density at radius 2 is 1.89 bits per heavy atom. The van der Waals surface area contributed by atoms with Crippen LogP contribution < -0.4 is 10.3 Å². The largest absolute Gasteiger partial charge is 0.475 e. The van der Waals surface area contributed by atoms with Crippen molar-refractivity contribution in [2.75, 3.05) is 0 Å². The molecule has 28 heavy (non-hydrogen) atoms. The predicted molar refractivity (Wildman–Crippen MR) is 107 cm³/mol. The highest BCUT2D eigenvalue weighted by molar-refractivity contribution is 5.94. The Hall–Kier alpha value is -3.22. The van der Waals surface area contributed by atoms with E-state index < -0.39 is 0 Å². The van der Waals surface area contributed by atoms with Gasteiger partial charge in [0.1, 0.15) is 5.82 Å². The van der Waals surface area contributed by atoms with Crippen LogP contribution in [0.4, 0.5) is 0 Å². The van der Waals surface area contributed by atoms with Crippen LogP contribution in [-0.2, 0) is 6.54 Å². The molecule has 3 rings (SSSR count). The molecule has 3 aromatic rings. The van der Waals surface area contributed by atoms with Crippen molar-refractivity contribution in [3.05, 3.63) is 64.3 Å². The van der Waals surface area contributed by atoms with Gasteiger partial charge in [0.15, 0.2) is 0 Å². The van der Waals surface area contributed by atoms with Crippen LogP contribution in [0.2, 0.25) is 0 Å². The topological polar surface area (TPSA) is 88.2 Å². The maximum Gasteiger partial charge on any atom is 0.258 e. The van der Waals surface area contributed by atoms with Gasteiger partial charge in [-0.1, -0.05) is 12.1 Å². The number of para-hydroxylation sites is 1. The van der Waals surface area contributed by atoms with Gasteiger partial charge in [-0.05, 0) is 45.9 Å². The first-order valence-corrected chi connectivity index (χ1v) is 9.26. The molecule has 1 aromatic carbocycles. The van der Waals surface area contributed by atoms with Gasteiger partial charge in [-0.2, -0.15) is 0 Å². The van der Waals surface area contributed by atoms with E-state index in [1.807, 2.05) is 33.8 Å². The number of pyridine rings is 1. The van der Waals surface area contributed by atoms with Crippen LogP contribution >= 0.6 is 0 Å². The van der Waals surface area contributed by atoms with Gasteiger partial charge in [-0.15, -0.1) is 0 Å². The van der Waals surface area contributed by atoms with E-state index in [0.29, 0.717) is 28.2 Å². The summed E-state index contributed by atoms with van der Waals surface area (Å²) in [6.45, 7) is 7.86. The van der Waals surface area contributed by atoms with Gasteiger partial charge in [-0.25, -0.2) is 9.97 Å². The van der Waals surface area contributed by atoms with Crippen LogP contribution in [0, 0.1) is 0 Å². The number of H-pyrrole nitrogens is 1. The van der Waals surface area contributed by atoms with E-state index in [2.05, 4.69) is 15.0 Å². The first kappa shape index (κ1) is 19.5. The lowest BCUT2D eigenvalue weighted by Crippen LogP contribution is -2.37. The van der Waals surface area contributed by atoms with Crippen LogP contribution in [0.15, 0.2) is 47.4 Å². The number of aromatic amines is 1. The summed E-state index contributed by atoms with van der Waals surface area (Å²) in [5.41, 5.74) is 0.843. The summed E-state index contributed by atoms with van der Waals surface area (Å²) in [5, 5.41) is 0.526. The number of carbonyl (C=O) groups excluding carboxylic acids is 1. The molecule has 0 fully saturated rings. The molecule has 0 saturated heterocycles. The predicted octanol–water partition coefficient (Wildman–Crippen LogP) is 3.16. The first-order chi connectivity index (χ1) is 13.3. The highest BCUT2D eigenvalue weighted by Gasteiger charge is 2.21. The van der Waals surface area contributed by atoms with Crippen LogP contribution in [0.1, 0.15) is 43.9 Å². The van der Waals surface area contributed by atoms with Crippen molar-refractivity contribution in [2.24, 2.45) is 0 Å². The molecule has 1 amide bonds. The van der Waals surface area contributed by atoms with Crippen molar-refractivity contribution >= 4 is 16.8 Å². The Morgan fingerprint density at radius 1 is 1.14 bits per heavy atom. The third-order valence-electron chi connectivity index (χ3n) is 4.21. The summed E-state index contributed by atoms with van der Waals surface area (Å²) >= 11 is 0. The van der Waals surface area contributed by atoms with Crippen molar-refractivity contribution in [3.63, 3.8) is 0 Å². The van der Waals surface area contributed by atoms with Gasteiger partial charge >= 0.3 is 0 Å². The smallest absolute Gasteiger partial charge is 0.258 e. The zero-order valence-corrected chi connectivity index (χ0v) is 16.5. The molecule has 0 saturated carbocycles. The Labute approximate surface area is 163 Å². The fraction of sp³-hybridized carbons (Fsp3) is 0.333. The minimum absolute atomic E-state index is 0.0111. The van der Waals surface area contributed by atoms with Gasteiger partial charge in [0, 0.05) is 18.3 Å². The molecule has 0 aliphatic rings. The molecular formula is C21H24N4O3. The Kier molecular flexibility index (Phi) is 5.73. The maximum atomic E-state index is 13.0. The minimum Gasteiger partial charge on any atom is -0.475 e. The number of hydrogen-bond donors (Lipinski definition) is 1. The second-order valence-electron chi connectivity index (χ2n) is 7.11. The van der Waals surface area contributed by atoms with Crippen molar-refractivity contribution in [2.45, 2.75) is 46.4 Å². The average molecular weight is 380 g/mol. The molecule has 2 aromatic heterocycles. The summed E-state index contributed by atoms with van der Waals surface area (Å²) in [6, 6.07) is 10.4. The standard InChI is InChI=1S/C21H24N4O3/c1-13(2)25(21(27)15-9-10-19(22-11-15)28-14(3)4)12-18-23-17-8-6-5-7-16(17)20(26)24-18/h5-11,13-14H,12H2,1-4H3,(H,23,24,26). The molecule has 0 radical (unpaired) electrons. The third-order valence-corrected chi connectivity index (χ3v) is 4.21. The molecule has 0 spiro atoms. The molecule has 146 valence electrons. The van der Waals surface area contributed by atoms with E-state index in [1.54, 1.807) is 35.2 Å². The number of amides is 1. The number of aromatic nitrogens is 3. The number of fused-ring (bicyclic) bond motifs is 1. The summed E-state index contributed by atoms with van der Waals surface area (Å²) in [6.07, 6.45) is 1.52. The monoisotopic (exact) mass is 380 g/mol. The van der Waals surface area contributed by atoms with Crippen molar-refractivity contribution in [3.8, 4) is 5.88 Å². The zero-order valence-electron chi connectivity index (χ0n) is 16.5. The Morgan fingerprint density at radius 3 is 2.54 bits per heavy atom. The van der Waals surface area contributed by atoms with Crippen LogP contribution in [-0.4, -0.2) is 37.9 Å². The molecule has 0 atom stereocenters. The first-order valence-electron chi connectivity index (χ1n) is 9.26. The average Bonchev–Trinajstić information content (AvgIpc) is 2.65. The van der Waals surface area contributed by atoms with Crippen LogP contribution in [0.25, 0.3) is 10.9 Å². The molecule has 0 aliphatic carbocycles. The number of carbonyl (C=O) groups is 1. The quantitative estimate of drug-likeness (QED) is 0.710. The second kappa shape index (κ2) is 8.21. The molecule has 2 heterocycles.